The van der Waals surface area contributed by atoms with Crippen molar-refractivity contribution >= 4 is 27.5 Å². The molecular formula is C18H15FN2O3S. The number of thiophene rings is 1. The van der Waals surface area contributed by atoms with Crippen molar-refractivity contribution in [1.29, 1.82) is 0 Å². The van der Waals surface area contributed by atoms with Crippen molar-refractivity contribution in [3.63, 3.8) is 0 Å². The summed E-state index contributed by atoms with van der Waals surface area (Å²) in [6.07, 6.45) is 5.47. The predicted octanol–water partition coefficient (Wildman–Crippen LogP) is 3.08. The molecule has 2 aromatic heterocycles. The van der Waals surface area contributed by atoms with Crippen LogP contribution in [0.15, 0.2) is 35.4 Å². The summed E-state index contributed by atoms with van der Waals surface area (Å²) in [5, 5.41) is 0.636. The number of fused-ring (bicyclic) bond motifs is 3. The third-order valence-electron chi connectivity index (χ3n) is 4.29. The minimum atomic E-state index is -0.598. The summed E-state index contributed by atoms with van der Waals surface area (Å²) in [7, 11) is 0. The summed E-state index contributed by atoms with van der Waals surface area (Å²) in [6, 6.07) is 5.15. The van der Waals surface area contributed by atoms with Gasteiger partial charge in [-0.25, -0.2) is 14.2 Å². The second-order valence-electron chi connectivity index (χ2n) is 6.00. The maximum atomic E-state index is 12.9. The Kier molecular flexibility index (Phi) is 4.09. The number of hydrogen-bond acceptors (Lipinski definition) is 5. The Balaban J connectivity index is 1.61. The molecule has 0 aliphatic heterocycles. The van der Waals surface area contributed by atoms with Gasteiger partial charge in [0, 0.05) is 4.88 Å². The molecule has 0 unspecified atom stereocenters. The molecule has 1 aliphatic carbocycles. The topological polar surface area (TPSA) is 61.2 Å². The molecule has 1 aliphatic rings. The molecule has 5 nitrogen and oxygen atoms in total. The Morgan fingerprint density at radius 3 is 2.80 bits per heavy atom. The minimum absolute atomic E-state index is 0.208. The Morgan fingerprint density at radius 2 is 2.00 bits per heavy atom. The van der Waals surface area contributed by atoms with E-state index in [4.69, 9.17) is 4.74 Å². The normalized spacial score (nSPS) is 13.6. The molecule has 0 spiro atoms. The van der Waals surface area contributed by atoms with Gasteiger partial charge in [0.05, 0.1) is 11.7 Å². The molecule has 0 saturated carbocycles. The van der Waals surface area contributed by atoms with Gasteiger partial charge in [0.2, 0.25) is 0 Å². The number of hydrogen-bond donors (Lipinski definition) is 0. The second-order valence-corrected chi connectivity index (χ2v) is 7.08. The predicted molar refractivity (Wildman–Crippen MR) is 92.6 cm³/mol. The highest BCUT2D eigenvalue weighted by molar-refractivity contribution is 7.18. The highest BCUT2D eigenvalue weighted by Crippen LogP contribution is 2.33. The first-order valence-corrected chi connectivity index (χ1v) is 8.89. The number of halogens is 1. The van der Waals surface area contributed by atoms with E-state index in [1.807, 2.05) is 0 Å². The molecule has 2 heterocycles. The van der Waals surface area contributed by atoms with Crippen molar-refractivity contribution in [2.75, 3.05) is 0 Å². The Bertz CT molecular complexity index is 1010. The van der Waals surface area contributed by atoms with Crippen LogP contribution in [-0.4, -0.2) is 15.5 Å². The number of nitrogens with zero attached hydrogens (tertiary/aromatic N) is 2. The lowest BCUT2D eigenvalue weighted by atomic mass is 9.97. The molecular weight excluding hydrogens is 343 g/mol. The van der Waals surface area contributed by atoms with E-state index in [0.717, 1.165) is 36.1 Å². The van der Waals surface area contributed by atoms with Gasteiger partial charge in [-0.3, -0.25) is 9.36 Å². The molecule has 1 aromatic carbocycles. The molecule has 4 rings (SSSR count). The molecule has 0 atom stereocenters. The minimum Gasteiger partial charge on any atom is -0.425 e. The number of carbonyl (C=O) groups is 1. The summed E-state index contributed by atoms with van der Waals surface area (Å²) < 4.78 is 19.3. The zero-order valence-electron chi connectivity index (χ0n) is 13.3. The zero-order valence-corrected chi connectivity index (χ0v) is 14.1. The summed E-state index contributed by atoms with van der Waals surface area (Å²) in [5.74, 6) is -0.770. The highest BCUT2D eigenvalue weighted by atomic mass is 32.1. The Hall–Kier alpha value is -2.54. The van der Waals surface area contributed by atoms with Crippen LogP contribution in [0.5, 0.6) is 5.75 Å². The van der Waals surface area contributed by atoms with Crippen molar-refractivity contribution in [1.82, 2.24) is 9.55 Å². The quantitative estimate of drug-likeness (QED) is 0.533. The van der Waals surface area contributed by atoms with Gasteiger partial charge < -0.3 is 4.74 Å². The van der Waals surface area contributed by atoms with Crippen molar-refractivity contribution in [2.24, 2.45) is 0 Å². The third kappa shape index (κ3) is 3.07. The average Bonchev–Trinajstić information content (AvgIpc) is 2.99. The lowest BCUT2D eigenvalue weighted by molar-refractivity contribution is -0.135. The van der Waals surface area contributed by atoms with E-state index in [2.05, 4.69) is 4.98 Å². The summed E-state index contributed by atoms with van der Waals surface area (Å²) >= 11 is 1.57. The van der Waals surface area contributed by atoms with Crippen LogP contribution in [0, 0.1) is 5.82 Å². The van der Waals surface area contributed by atoms with Gasteiger partial charge in [-0.2, -0.15) is 0 Å². The lowest BCUT2D eigenvalue weighted by Crippen LogP contribution is -2.27. The highest BCUT2D eigenvalue weighted by Gasteiger charge is 2.20. The first-order valence-electron chi connectivity index (χ1n) is 8.08. The Labute approximate surface area is 146 Å². The van der Waals surface area contributed by atoms with Gasteiger partial charge in [0.1, 0.15) is 22.9 Å². The van der Waals surface area contributed by atoms with Gasteiger partial charge in [0.25, 0.3) is 5.56 Å². The number of carbonyl (C=O) groups excluding carboxylic acids is 1. The van der Waals surface area contributed by atoms with Crippen LogP contribution in [-0.2, 0) is 24.2 Å². The van der Waals surface area contributed by atoms with E-state index in [0.29, 0.717) is 5.39 Å². The molecule has 0 radical (unpaired) electrons. The van der Waals surface area contributed by atoms with Crippen LogP contribution in [0.25, 0.3) is 10.2 Å². The van der Waals surface area contributed by atoms with Gasteiger partial charge >= 0.3 is 5.97 Å². The first kappa shape index (κ1) is 16.0. The number of aromatic nitrogens is 2. The smallest absolute Gasteiger partial charge is 0.331 e. The van der Waals surface area contributed by atoms with E-state index in [1.54, 1.807) is 11.3 Å². The Morgan fingerprint density at radius 1 is 1.24 bits per heavy atom. The molecule has 3 aromatic rings. The molecule has 0 bridgehead atoms. The van der Waals surface area contributed by atoms with E-state index in [-0.39, 0.29) is 17.9 Å². The van der Waals surface area contributed by atoms with Crippen molar-refractivity contribution < 1.29 is 13.9 Å². The van der Waals surface area contributed by atoms with Gasteiger partial charge in [0.15, 0.2) is 0 Å². The molecule has 0 amide bonds. The van der Waals surface area contributed by atoms with E-state index in [1.165, 1.54) is 40.0 Å². The van der Waals surface area contributed by atoms with Crippen LogP contribution < -0.4 is 10.3 Å². The number of ether oxygens (including phenoxy) is 1. The van der Waals surface area contributed by atoms with E-state index < -0.39 is 11.8 Å². The molecule has 0 saturated heterocycles. The number of esters is 1. The largest absolute Gasteiger partial charge is 0.425 e. The summed E-state index contributed by atoms with van der Waals surface area (Å²) in [5.41, 5.74) is 0.880. The first-order chi connectivity index (χ1) is 12.1. The fourth-order valence-electron chi connectivity index (χ4n) is 3.10. The zero-order chi connectivity index (χ0) is 17.4. The van der Waals surface area contributed by atoms with Gasteiger partial charge in [-0.1, -0.05) is 0 Å². The molecule has 0 fully saturated rings. The molecule has 25 heavy (non-hydrogen) atoms. The molecule has 7 heteroatoms. The summed E-state index contributed by atoms with van der Waals surface area (Å²) in [6.45, 7) is -0.232. The second kappa shape index (κ2) is 6.40. The molecule has 128 valence electrons. The van der Waals surface area contributed by atoms with Crippen molar-refractivity contribution in [3.8, 4) is 5.75 Å². The fourth-order valence-corrected chi connectivity index (χ4v) is 4.32. The van der Waals surface area contributed by atoms with Gasteiger partial charge in [-0.15, -0.1) is 11.3 Å². The monoisotopic (exact) mass is 358 g/mol. The molecule has 0 N–H and O–H groups in total. The van der Waals surface area contributed by atoms with Crippen LogP contribution in [0.4, 0.5) is 4.39 Å². The van der Waals surface area contributed by atoms with Crippen LogP contribution in [0.2, 0.25) is 0 Å². The van der Waals surface area contributed by atoms with Crippen LogP contribution >= 0.6 is 11.3 Å². The standard InChI is InChI=1S/C18H15FN2O3S/c19-11-5-7-12(8-6-11)24-15(22)9-21-10-20-17-16(18(21)23)13-3-1-2-4-14(13)25-17/h5-8,10H,1-4,9H2. The summed E-state index contributed by atoms with van der Waals surface area (Å²) in [4.78, 5) is 31.2. The number of aryl methyl sites for hydroxylation is 2. The van der Waals surface area contributed by atoms with Crippen LogP contribution in [0.1, 0.15) is 23.3 Å². The van der Waals surface area contributed by atoms with Crippen molar-refractivity contribution in [3.05, 3.63) is 57.2 Å². The fraction of sp³-hybridized carbons (Fsp3) is 0.278. The van der Waals surface area contributed by atoms with Crippen LogP contribution in [0.3, 0.4) is 0 Å². The lowest BCUT2D eigenvalue weighted by Gasteiger charge is -2.10. The maximum Gasteiger partial charge on any atom is 0.331 e. The van der Waals surface area contributed by atoms with Crippen molar-refractivity contribution in [2.45, 2.75) is 32.2 Å². The average molecular weight is 358 g/mol. The number of rotatable bonds is 3. The van der Waals surface area contributed by atoms with E-state index >= 15 is 0 Å². The van der Waals surface area contributed by atoms with E-state index in [9.17, 15) is 14.0 Å². The third-order valence-corrected chi connectivity index (χ3v) is 5.49. The maximum absolute atomic E-state index is 12.9. The van der Waals surface area contributed by atoms with Gasteiger partial charge in [-0.05, 0) is 55.5 Å². The SMILES string of the molecule is O=C(Cn1cnc2sc3c(c2c1=O)CCCC3)Oc1ccc(F)cc1. The number of benzene rings is 1.